The number of amides is 1. The number of aliphatic carboxylic acids is 1. The molecule has 0 unspecified atom stereocenters. The smallest absolute Gasteiger partial charge is 0.328 e. The van der Waals surface area contributed by atoms with E-state index in [1.807, 2.05) is 13.8 Å². The van der Waals surface area contributed by atoms with Crippen molar-refractivity contribution in [3.8, 4) is 0 Å². The van der Waals surface area contributed by atoms with E-state index in [2.05, 4.69) is 5.32 Å². The fourth-order valence-corrected chi connectivity index (χ4v) is 2.60. The van der Waals surface area contributed by atoms with Crippen LogP contribution in [0.25, 0.3) is 0 Å². The Morgan fingerprint density at radius 1 is 1.50 bits per heavy atom. The molecule has 6 heteroatoms. The molecule has 1 amide bonds. The monoisotopic (exact) mass is 271 g/mol. The Hall–Kier alpha value is -1.40. The van der Waals surface area contributed by atoms with Crippen LogP contribution in [-0.4, -0.2) is 34.2 Å². The zero-order valence-electron chi connectivity index (χ0n) is 10.6. The number of carbonyl (C=O) groups is 2. The predicted octanol–water partition coefficient (Wildman–Crippen LogP) is 1.18. The summed E-state index contributed by atoms with van der Waals surface area (Å²) in [6, 6.07) is 0.449. The molecule has 1 rings (SSSR count). The summed E-state index contributed by atoms with van der Waals surface area (Å²) in [7, 11) is 0. The van der Waals surface area contributed by atoms with Crippen molar-refractivity contribution in [1.29, 1.82) is 0 Å². The Morgan fingerprint density at radius 2 is 2.11 bits per heavy atom. The first-order valence-corrected chi connectivity index (χ1v) is 6.49. The van der Waals surface area contributed by atoms with Crippen molar-refractivity contribution in [3.63, 3.8) is 0 Å². The standard InChI is InChI=1S/C12H17NO4S/c1-4-8-6(2)5-9(18-8)11(15)13-10(7(3)14)12(16)17/h5,7,10,14H,4H2,1-3H3,(H,13,15)(H,16,17)/t7-,10+/m1/s1. The molecule has 0 radical (unpaired) electrons. The van der Waals surface area contributed by atoms with Gasteiger partial charge in [-0.1, -0.05) is 6.92 Å². The fourth-order valence-electron chi connectivity index (χ4n) is 1.58. The minimum absolute atomic E-state index is 0.462. The van der Waals surface area contributed by atoms with Gasteiger partial charge < -0.3 is 15.5 Å². The Morgan fingerprint density at radius 3 is 2.50 bits per heavy atom. The van der Waals surface area contributed by atoms with Gasteiger partial charge >= 0.3 is 5.97 Å². The van der Waals surface area contributed by atoms with Gasteiger partial charge in [0.05, 0.1) is 11.0 Å². The lowest BCUT2D eigenvalue weighted by Crippen LogP contribution is -2.47. The van der Waals surface area contributed by atoms with Crippen LogP contribution in [0, 0.1) is 6.92 Å². The van der Waals surface area contributed by atoms with Gasteiger partial charge in [-0.2, -0.15) is 0 Å². The number of aliphatic hydroxyl groups is 1. The largest absolute Gasteiger partial charge is 0.480 e. The highest BCUT2D eigenvalue weighted by Gasteiger charge is 2.26. The van der Waals surface area contributed by atoms with Crippen molar-refractivity contribution >= 4 is 23.2 Å². The Balaban J connectivity index is 2.83. The van der Waals surface area contributed by atoms with Crippen molar-refractivity contribution in [2.45, 2.75) is 39.3 Å². The van der Waals surface area contributed by atoms with Gasteiger partial charge in [-0.3, -0.25) is 4.79 Å². The van der Waals surface area contributed by atoms with E-state index in [0.29, 0.717) is 4.88 Å². The van der Waals surface area contributed by atoms with E-state index in [-0.39, 0.29) is 0 Å². The van der Waals surface area contributed by atoms with Gasteiger partial charge in [0.25, 0.3) is 5.91 Å². The van der Waals surface area contributed by atoms with Gasteiger partial charge in [-0.15, -0.1) is 11.3 Å². The minimum Gasteiger partial charge on any atom is -0.480 e. The lowest BCUT2D eigenvalue weighted by atomic mass is 10.2. The molecule has 0 bridgehead atoms. The van der Waals surface area contributed by atoms with E-state index in [1.54, 1.807) is 6.07 Å². The van der Waals surface area contributed by atoms with Crippen molar-refractivity contribution in [2.75, 3.05) is 0 Å². The lowest BCUT2D eigenvalue weighted by molar-refractivity contribution is -0.141. The summed E-state index contributed by atoms with van der Waals surface area (Å²) in [5.41, 5.74) is 1.02. The highest BCUT2D eigenvalue weighted by atomic mass is 32.1. The molecule has 2 atom stereocenters. The van der Waals surface area contributed by atoms with Crippen LogP contribution < -0.4 is 5.32 Å². The Bertz CT molecular complexity index is 453. The van der Waals surface area contributed by atoms with E-state index in [4.69, 9.17) is 5.11 Å². The van der Waals surface area contributed by atoms with Crippen LogP contribution in [0.5, 0.6) is 0 Å². The number of aliphatic hydroxyl groups excluding tert-OH is 1. The quantitative estimate of drug-likeness (QED) is 0.750. The molecule has 1 aromatic rings. The number of thiophene rings is 1. The third-order valence-corrected chi connectivity index (χ3v) is 3.98. The number of carboxylic acids is 1. The number of nitrogens with one attached hydrogen (secondary N) is 1. The van der Waals surface area contributed by atoms with Crippen LogP contribution in [0.1, 0.15) is 34.0 Å². The number of carboxylic acid groups (broad SMARTS) is 1. The molecule has 0 aliphatic heterocycles. The number of hydrogen-bond acceptors (Lipinski definition) is 4. The van der Waals surface area contributed by atoms with Crippen molar-refractivity contribution < 1.29 is 19.8 Å². The molecule has 0 aliphatic carbocycles. The average molecular weight is 271 g/mol. The Labute approximate surface area is 109 Å². The summed E-state index contributed by atoms with van der Waals surface area (Å²) in [5.74, 6) is -1.71. The number of hydrogen-bond donors (Lipinski definition) is 3. The number of rotatable bonds is 5. The Kier molecular flexibility index (Phi) is 4.86. The molecule has 1 aromatic heterocycles. The first kappa shape index (κ1) is 14.7. The molecule has 3 N–H and O–H groups in total. The lowest BCUT2D eigenvalue weighted by Gasteiger charge is -2.16. The first-order chi connectivity index (χ1) is 8.36. The maximum absolute atomic E-state index is 11.9. The highest BCUT2D eigenvalue weighted by Crippen LogP contribution is 2.22. The maximum atomic E-state index is 11.9. The van der Waals surface area contributed by atoms with E-state index in [0.717, 1.165) is 16.9 Å². The van der Waals surface area contributed by atoms with E-state index < -0.39 is 24.0 Å². The third kappa shape index (κ3) is 3.30. The summed E-state index contributed by atoms with van der Waals surface area (Å²) in [5, 5.41) is 20.5. The molecule has 5 nitrogen and oxygen atoms in total. The second-order valence-corrected chi connectivity index (χ2v) is 5.24. The van der Waals surface area contributed by atoms with E-state index >= 15 is 0 Å². The molecule has 0 saturated carbocycles. The molecular formula is C12H17NO4S. The summed E-state index contributed by atoms with van der Waals surface area (Å²) in [6.45, 7) is 5.24. The normalized spacial score (nSPS) is 14.0. The molecule has 1 heterocycles. The van der Waals surface area contributed by atoms with Gasteiger partial charge in [-0.05, 0) is 31.9 Å². The summed E-state index contributed by atoms with van der Waals surface area (Å²) < 4.78 is 0. The van der Waals surface area contributed by atoms with Gasteiger partial charge in [-0.25, -0.2) is 4.79 Å². The first-order valence-electron chi connectivity index (χ1n) is 5.67. The van der Waals surface area contributed by atoms with Crippen molar-refractivity contribution in [1.82, 2.24) is 5.32 Å². The van der Waals surface area contributed by atoms with E-state index in [9.17, 15) is 14.7 Å². The molecule has 0 aromatic carbocycles. The van der Waals surface area contributed by atoms with Gasteiger partial charge in [0.1, 0.15) is 0 Å². The fraction of sp³-hybridized carbons (Fsp3) is 0.500. The van der Waals surface area contributed by atoms with Crippen molar-refractivity contribution in [3.05, 3.63) is 21.4 Å². The second kappa shape index (κ2) is 5.97. The summed E-state index contributed by atoms with van der Waals surface area (Å²) in [6.07, 6.45) is -0.305. The van der Waals surface area contributed by atoms with Gasteiger partial charge in [0.15, 0.2) is 6.04 Å². The molecule has 18 heavy (non-hydrogen) atoms. The van der Waals surface area contributed by atoms with Gasteiger partial charge in [0, 0.05) is 4.88 Å². The zero-order valence-corrected chi connectivity index (χ0v) is 11.4. The van der Waals surface area contributed by atoms with Crippen LogP contribution in [0.4, 0.5) is 0 Å². The van der Waals surface area contributed by atoms with Crippen LogP contribution in [0.2, 0.25) is 0 Å². The molecule has 0 aliphatic rings. The molecule has 100 valence electrons. The number of aryl methyl sites for hydroxylation is 2. The van der Waals surface area contributed by atoms with Crippen LogP contribution >= 0.6 is 11.3 Å². The summed E-state index contributed by atoms with van der Waals surface area (Å²) >= 11 is 1.35. The van der Waals surface area contributed by atoms with Crippen LogP contribution in [0.15, 0.2) is 6.07 Å². The molecule has 0 fully saturated rings. The predicted molar refractivity (Wildman–Crippen MR) is 69.0 cm³/mol. The SMILES string of the molecule is CCc1sc(C(=O)N[C@H](C(=O)O)[C@@H](C)O)cc1C. The summed E-state index contributed by atoms with van der Waals surface area (Å²) in [4.78, 5) is 24.3. The van der Waals surface area contributed by atoms with Crippen LogP contribution in [-0.2, 0) is 11.2 Å². The van der Waals surface area contributed by atoms with Gasteiger partial charge in [0.2, 0.25) is 0 Å². The van der Waals surface area contributed by atoms with Crippen LogP contribution in [0.3, 0.4) is 0 Å². The molecule has 0 spiro atoms. The maximum Gasteiger partial charge on any atom is 0.328 e. The topological polar surface area (TPSA) is 86.6 Å². The third-order valence-electron chi connectivity index (χ3n) is 2.60. The minimum atomic E-state index is -1.29. The van der Waals surface area contributed by atoms with Crippen molar-refractivity contribution in [2.24, 2.45) is 0 Å². The zero-order chi connectivity index (χ0) is 13.9. The average Bonchev–Trinajstić information content (AvgIpc) is 2.66. The second-order valence-electron chi connectivity index (χ2n) is 4.10. The van der Waals surface area contributed by atoms with E-state index in [1.165, 1.54) is 18.3 Å². The highest BCUT2D eigenvalue weighted by molar-refractivity contribution is 7.14. The number of carbonyl (C=O) groups excluding carboxylic acids is 1. The molecule has 0 saturated heterocycles. The molecular weight excluding hydrogens is 254 g/mol.